The third kappa shape index (κ3) is 7.52. The van der Waals surface area contributed by atoms with Gasteiger partial charge in [0.25, 0.3) is 0 Å². The Morgan fingerprint density at radius 3 is 1.86 bits per heavy atom. The van der Waals surface area contributed by atoms with E-state index in [1.165, 1.54) is 44.2 Å². The molecule has 0 spiro atoms. The number of furan rings is 1. The van der Waals surface area contributed by atoms with Crippen LogP contribution in [0.15, 0.2) is 77.3 Å². The molecule has 0 amide bonds. The fraction of sp³-hybridized carbons (Fsp3) is 0.226. The Kier molecular flexibility index (Phi) is 8.98. The lowest BCUT2D eigenvalue weighted by molar-refractivity contribution is -0.275. The summed E-state index contributed by atoms with van der Waals surface area (Å²) in [5.41, 5.74) is 0.00705. The highest BCUT2D eigenvalue weighted by Gasteiger charge is 2.37. The van der Waals surface area contributed by atoms with Gasteiger partial charge in [0.15, 0.2) is 22.7 Å². The summed E-state index contributed by atoms with van der Waals surface area (Å²) >= 11 is 0. The van der Waals surface area contributed by atoms with E-state index in [1.807, 2.05) is 0 Å². The Morgan fingerprint density at radius 1 is 0.750 bits per heavy atom. The molecule has 0 unspecified atom stereocenters. The van der Waals surface area contributed by atoms with Gasteiger partial charge in [0.2, 0.25) is 5.75 Å². The van der Waals surface area contributed by atoms with Crippen molar-refractivity contribution in [1.82, 2.24) is 0 Å². The molecule has 0 bridgehead atoms. The van der Waals surface area contributed by atoms with Crippen molar-refractivity contribution in [2.45, 2.75) is 39.4 Å². The van der Waals surface area contributed by atoms with Crippen LogP contribution in [0.1, 0.15) is 25.8 Å². The van der Waals surface area contributed by atoms with Crippen LogP contribution in [-0.2, 0) is 20.7 Å². The summed E-state index contributed by atoms with van der Waals surface area (Å²) in [5.74, 6) is -4.14. The summed E-state index contributed by atoms with van der Waals surface area (Å²) in [7, 11) is 0. The Balaban J connectivity index is 1.78. The van der Waals surface area contributed by atoms with Crippen LogP contribution in [0.5, 0.6) is 17.2 Å². The van der Waals surface area contributed by atoms with Gasteiger partial charge in [0, 0.05) is 27.5 Å². The summed E-state index contributed by atoms with van der Waals surface area (Å²) in [6.07, 6.45) is -9.49. The lowest BCUT2D eigenvalue weighted by Crippen LogP contribution is -2.19. The molecule has 4 rings (SSSR count). The number of fused-ring (bicyclic) bond motifs is 3. The van der Waals surface area contributed by atoms with Gasteiger partial charge in [-0.3, -0.25) is 0 Å². The zero-order valence-electron chi connectivity index (χ0n) is 23.3. The standard InChI is InChI=1S/C31H24F6O7/c1-16(2)28(38)40-15-5-6-18-7-9-19(10-8-18)20-11-12-21-22-13-14-23(41-29(39)17(3)4)27(44-31(35,36)37)25(22)42-24(21)26(20)43-30(32,33)34/h7-14H,1,3,5-6,15H2,2,4H3. The van der Waals surface area contributed by atoms with Gasteiger partial charge in [0.05, 0.1) is 6.61 Å². The Hall–Kier alpha value is -4.94. The predicted molar refractivity (Wildman–Crippen MR) is 147 cm³/mol. The van der Waals surface area contributed by atoms with Gasteiger partial charge in [-0.05, 0) is 62.1 Å². The fourth-order valence-electron chi connectivity index (χ4n) is 4.18. The molecule has 0 saturated heterocycles. The third-order valence-corrected chi connectivity index (χ3v) is 6.13. The first-order valence-corrected chi connectivity index (χ1v) is 12.9. The van der Waals surface area contributed by atoms with Crippen molar-refractivity contribution >= 4 is 33.9 Å². The van der Waals surface area contributed by atoms with Crippen LogP contribution in [0.25, 0.3) is 33.1 Å². The van der Waals surface area contributed by atoms with Crippen LogP contribution >= 0.6 is 0 Å². The molecular weight excluding hydrogens is 598 g/mol. The van der Waals surface area contributed by atoms with Gasteiger partial charge < -0.3 is 23.4 Å². The van der Waals surface area contributed by atoms with Gasteiger partial charge in [-0.25, -0.2) is 9.59 Å². The number of carbonyl (C=O) groups is 2. The number of esters is 2. The van der Waals surface area contributed by atoms with E-state index in [1.54, 1.807) is 12.1 Å². The highest BCUT2D eigenvalue weighted by molar-refractivity contribution is 6.11. The van der Waals surface area contributed by atoms with Crippen LogP contribution in [-0.4, -0.2) is 31.3 Å². The minimum atomic E-state index is -5.28. The van der Waals surface area contributed by atoms with Gasteiger partial charge in [-0.1, -0.05) is 37.4 Å². The number of halogens is 6. The zero-order valence-corrected chi connectivity index (χ0v) is 23.3. The maximum Gasteiger partial charge on any atom is 0.573 e. The number of hydrogen-bond acceptors (Lipinski definition) is 7. The first-order chi connectivity index (χ1) is 20.5. The number of hydrogen-bond donors (Lipinski definition) is 0. The summed E-state index contributed by atoms with van der Waals surface area (Å²) < 4.78 is 105. The van der Waals surface area contributed by atoms with Gasteiger partial charge in [-0.2, -0.15) is 0 Å². The highest BCUT2D eigenvalue weighted by Crippen LogP contribution is 2.48. The van der Waals surface area contributed by atoms with E-state index in [4.69, 9.17) is 13.9 Å². The number of rotatable bonds is 10. The van der Waals surface area contributed by atoms with Crippen molar-refractivity contribution < 1.29 is 59.3 Å². The van der Waals surface area contributed by atoms with Crippen LogP contribution in [0.3, 0.4) is 0 Å². The van der Waals surface area contributed by atoms with Crippen molar-refractivity contribution in [1.29, 1.82) is 0 Å². The van der Waals surface area contributed by atoms with E-state index in [0.29, 0.717) is 12.8 Å². The van der Waals surface area contributed by atoms with Crippen molar-refractivity contribution in [2.24, 2.45) is 0 Å². The first-order valence-electron chi connectivity index (χ1n) is 12.9. The summed E-state index contributed by atoms with van der Waals surface area (Å²) in [5, 5.41) is -0.0793. The molecule has 3 aromatic carbocycles. The molecule has 7 nitrogen and oxygen atoms in total. The van der Waals surface area contributed by atoms with Crippen LogP contribution in [0.2, 0.25) is 0 Å². The number of ether oxygens (including phenoxy) is 4. The molecular formula is C31H24F6O7. The molecule has 0 aliphatic heterocycles. The normalized spacial score (nSPS) is 11.8. The van der Waals surface area contributed by atoms with E-state index >= 15 is 0 Å². The lowest BCUT2D eigenvalue weighted by Gasteiger charge is -2.14. The SMILES string of the molecule is C=C(C)C(=O)OCCCc1ccc(-c2ccc3c(oc4c(OC(F)(F)F)c(OC(=O)C(=C)C)ccc43)c2OC(F)(F)F)cc1. The molecule has 1 aromatic heterocycles. The summed E-state index contributed by atoms with van der Waals surface area (Å²) in [6.45, 7) is 9.80. The Morgan fingerprint density at radius 2 is 1.30 bits per heavy atom. The zero-order chi connectivity index (χ0) is 32.4. The molecule has 0 saturated carbocycles. The van der Waals surface area contributed by atoms with Gasteiger partial charge >= 0.3 is 24.7 Å². The van der Waals surface area contributed by atoms with Gasteiger partial charge in [-0.15, -0.1) is 26.3 Å². The molecule has 1 heterocycles. The van der Waals surface area contributed by atoms with Crippen LogP contribution < -0.4 is 14.2 Å². The monoisotopic (exact) mass is 622 g/mol. The second-order valence-electron chi connectivity index (χ2n) is 9.67. The summed E-state index contributed by atoms with van der Waals surface area (Å²) in [6, 6.07) is 11.3. The van der Waals surface area contributed by atoms with Crippen molar-refractivity contribution in [3.05, 3.63) is 78.4 Å². The Labute approximate surface area is 246 Å². The molecule has 0 atom stereocenters. The fourth-order valence-corrected chi connectivity index (χ4v) is 4.18. The molecule has 13 heteroatoms. The molecule has 0 N–H and O–H groups in total. The van der Waals surface area contributed by atoms with Crippen LogP contribution in [0, 0.1) is 0 Å². The molecule has 0 radical (unpaired) electrons. The predicted octanol–water partition coefficient (Wildman–Crippen LogP) is 8.58. The summed E-state index contributed by atoms with van der Waals surface area (Å²) in [4.78, 5) is 23.5. The molecule has 0 aliphatic rings. The lowest BCUT2D eigenvalue weighted by atomic mass is 9.99. The number of carbonyl (C=O) groups excluding carboxylic acids is 2. The van der Waals surface area contributed by atoms with E-state index in [2.05, 4.69) is 22.6 Å². The second kappa shape index (κ2) is 12.3. The molecule has 44 heavy (non-hydrogen) atoms. The maximum absolute atomic E-state index is 13.6. The number of alkyl halides is 6. The quantitative estimate of drug-likeness (QED) is 0.0576. The van der Waals surface area contributed by atoms with Crippen LogP contribution in [0.4, 0.5) is 26.3 Å². The second-order valence-corrected chi connectivity index (χ2v) is 9.67. The van der Waals surface area contributed by atoms with E-state index in [0.717, 1.165) is 11.6 Å². The van der Waals surface area contributed by atoms with Crippen molar-refractivity contribution in [2.75, 3.05) is 6.61 Å². The third-order valence-electron chi connectivity index (χ3n) is 6.13. The minimum absolute atomic E-state index is 0.0197. The molecule has 0 aliphatic carbocycles. The average Bonchev–Trinajstić information content (AvgIpc) is 3.31. The molecule has 232 valence electrons. The largest absolute Gasteiger partial charge is 0.573 e. The highest BCUT2D eigenvalue weighted by atomic mass is 19.4. The number of benzene rings is 3. The van der Waals surface area contributed by atoms with Crippen molar-refractivity contribution in [3.8, 4) is 28.4 Å². The maximum atomic E-state index is 13.6. The Bertz CT molecular complexity index is 1750. The number of aryl methyl sites for hydroxylation is 1. The van der Waals surface area contributed by atoms with E-state index < -0.39 is 53.1 Å². The topological polar surface area (TPSA) is 84.2 Å². The first kappa shape index (κ1) is 32.0. The van der Waals surface area contributed by atoms with E-state index in [9.17, 15) is 35.9 Å². The van der Waals surface area contributed by atoms with Gasteiger partial charge in [0.1, 0.15) is 0 Å². The molecule has 4 aromatic rings. The smallest absolute Gasteiger partial charge is 0.462 e. The molecule has 0 fully saturated rings. The van der Waals surface area contributed by atoms with E-state index in [-0.39, 0.29) is 39.7 Å². The van der Waals surface area contributed by atoms with Crippen molar-refractivity contribution in [3.63, 3.8) is 0 Å². The minimum Gasteiger partial charge on any atom is -0.462 e. The average molecular weight is 623 g/mol.